The van der Waals surface area contributed by atoms with Gasteiger partial charge in [0.1, 0.15) is 5.82 Å². The van der Waals surface area contributed by atoms with Gasteiger partial charge in [0.15, 0.2) is 5.78 Å². The Balaban J connectivity index is 1.98. The van der Waals surface area contributed by atoms with E-state index >= 15 is 0 Å². The van der Waals surface area contributed by atoms with Gasteiger partial charge in [-0.1, -0.05) is 6.92 Å². The Hall–Kier alpha value is -1.42. The first kappa shape index (κ1) is 14.0. The van der Waals surface area contributed by atoms with Gasteiger partial charge in [-0.3, -0.25) is 4.79 Å². The number of pyridine rings is 1. The van der Waals surface area contributed by atoms with Crippen LogP contribution in [0, 0.1) is 0 Å². The number of nitrogens with zero attached hydrogens (tertiary/aromatic N) is 2. The van der Waals surface area contributed by atoms with E-state index < -0.39 is 0 Å². The van der Waals surface area contributed by atoms with Gasteiger partial charge in [0.25, 0.3) is 0 Å². The fraction of sp³-hybridized carbons (Fsp3) is 0.600. The fourth-order valence-corrected chi connectivity index (χ4v) is 2.35. The molecule has 0 radical (unpaired) electrons. The van der Waals surface area contributed by atoms with Crippen LogP contribution in [0.2, 0.25) is 0 Å². The minimum Gasteiger partial charge on any atom is -0.376 e. The van der Waals surface area contributed by atoms with Crippen molar-refractivity contribution in [3.8, 4) is 0 Å². The van der Waals surface area contributed by atoms with Gasteiger partial charge in [-0.2, -0.15) is 0 Å². The van der Waals surface area contributed by atoms with Crippen molar-refractivity contribution < 1.29 is 9.53 Å². The fourth-order valence-electron chi connectivity index (χ4n) is 2.35. The second-order valence-electron chi connectivity index (χ2n) is 5.04. The Kier molecular flexibility index (Phi) is 4.91. The van der Waals surface area contributed by atoms with Crippen molar-refractivity contribution in [2.45, 2.75) is 39.2 Å². The number of carbonyl (C=O) groups excluding carboxylic acids is 1. The van der Waals surface area contributed by atoms with Crippen molar-refractivity contribution in [2.75, 3.05) is 24.6 Å². The third kappa shape index (κ3) is 3.77. The molecule has 1 aliphatic rings. The molecule has 0 spiro atoms. The van der Waals surface area contributed by atoms with E-state index in [9.17, 15) is 4.79 Å². The van der Waals surface area contributed by atoms with Crippen LogP contribution in [0.1, 0.15) is 43.5 Å². The van der Waals surface area contributed by atoms with Crippen molar-refractivity contribution in [3.63, 3.8) is 0 Å². The van der Waals surface area contributed by atoms with Gasteiger partial charge in [-0.05, 0) is 38.3 Å². The van der Waals surface area contributed by atoms with Gasteiger partial charge < -0.3 is 9.64 Å². The molecule has 2 heterocycles. The maximum absolute atomic E-state index is 11.2. The topological polar surface area (TPSA) is 42.4 Å². The highest BCUT2D eigenvalue weighted by Gasteiger charge is 2.21. The zero-order valence-corrected chi connectivity index (χ0v) is 11.8. The summed E-state index contributed by atoms with van der Waals surface area (Å²) in [4.78, 5) is 17.9. The molecule has 1 fully saturated rings. The van der Waals surface area contributed by atoms with Gasteiger partial charge in [0.05, 0.1) is 6.10 Å². The summed E-state index contributed by atoms with van der Waals surface area (Å²) in [5.74, 6) is 0.997. The molecule has 0 amide bonds. The van der Waals surface area contributed by atoms with Gasteiger partial charge in [-0.15, -0.1) is 0 Å². The first-order chi connectivity index (χ1) is 9.20. The zero-order chi connectivity index (χ0) is 13.7. The summed E-state index contributed by atoms with van der Waals surface area (Å²) in [6.45, 7) is 6.43. The lowest BCUT2D eigenvalue weighted by Gasteiger charge is -2.33. The van der Waals surface area contributed by atoms with Crippen LogP contribution in [0.3, 0.4) is 0 Å². The first-order valence-corrected chi connectivity index (χ1v) is 7.04. The molecule has 1 aliphatic heterocycles. The zero-order valence-electron chi connectivity index (χ0n) is 11.8. The van der Waals surface area contributed by atoms with Crippen LogP contribution < -0.4 is 4.90 Å². The quantitative estimate of drug-likeness (QED) is 0.765. The van der Waals surface area contributed by atoms with Crippen molar-refractivity contribution in [3.05, 3.63) is 23.9 Å². The van der Waals surface area contributed by atoms with Crippen molar-refractivity contribution in [1.29, 1.82) is 0 Å². The number of rotatable bonds is 5. The van der Waals surface area contributed by atoms with Crippen molar-refractivity contribution >= 4 is 11.6 Å². The molecule has 1 saturated heterocycles. The van der Waals surface area contributed by atoms with Crippen LogP contribution in [0.5, 0.6) is 0 Å². The third-order valence-electron chi connectivity index (χ3n) is 3.41. The highest BCUT2D eigenvalue weighted by atomic mass is 16.5. The predicted octanol–water partition coefficient (Wildman–Crippen LogP) is 2.68. The van der Waals surface area contributed by atoms with Gasteiger partial charge in [0.2, 0.25) is 0 Å². The standard InChI is InChI=1S/C15H22N2O2/c1-3-9-19-14-5-4-8-17(11-14)15-7-6-13(10-16-15)12(2)18/h6-7,10,14H,3-5,8-9,11H2,1-2H3. The molecular weight excluding hydrogens is 240 g/mol. The molecule has 19 heavy (non-hydrogen) atoms. The number of ether oxygens (including phenoxy) is 1. The van der Waals surface area contributed by atoms with E-state index in [1.54, 1.807) is 13.1 Å². The number of carbonyl (C=O) groups is 1. The summed E-state index contributed by atoms with van der Waals surface area (Å²) in [7, 11) is 0. The molecule has 0 saturated carbocycles. The number of Topliss-reactive ketones (excluding diaryl/α,β-unsaturated/α-hetero) is 1. The van der Waals surface area contributed by atoms with E-state index in [-0.39, 0.29) is 5.78 Å². The van der Waals surface area contributed by atoms with E-state index in [1.165, 1.54) is 0 Å². The van der Waals surface area contributed by atoms with E-state index in [1.807, 2.05) is 12.1 Å². The Labute approximate surface area is 114 Å². The normalized spacial score (nSPS) is 19.5. The molecule has 1 atom stereocenters. The van der Waals surface area contributed by atoms with Crippen LogP contribution in [0.25, 0.3) is 0 Å². The van der Waals surface area contributed by atoms with Gasteiger partial charge in [-0.25, -0.2) is 4.98 Å². The molecule has 2 rings (SSSR count). The van der Waals surface area contributed by atoms with Gasteiger partial charge >= 0.3 is 0 Å². The summed E-state index contributed by atoms with van der Waals surface area (Å²) < 4.78 is 5.82. The van der Waals surface area contributed by atoms with E-state index in [0.717, 1.165) is 44.8 Å². The Morgan fingerprint density at radius 1 is 1.53 bits per heavy atom. The molecule has 4 nitrogen and oxygen atoms in total. The molecule has 4 heteroatoms. The number of aromatic nitrogens is 1. The van der Waals surface area contributed by atoms with Crippen molar-refractivity contribution in [2.24, 2.45) is 0 Å². The number of hydrogen-bond donors (Lipinski definition) is 0. The summed E-state index contributed by atoms with van der Waals surface area (Å²) in [6, 6.07) is 3.78. The molecular formula is C15H22N2O2. The summed E-state index contributed by atoms with van der Waals surface area (Å²) >= 11 is 0. The third-order valence-corrected chi connectivity index (χ3v) is 3.41. The van der Waals surface area contributed by atoms with Crippen LogP contribution in [-0.4, -0.2) is 36.6 Å². The maximum Gasteiger partial charge on any atom is 0.161 e. The molecule has 0 aromatic carbocycles. The molecule has 1 aromatic heterocycles. The lowest BCUT2D eigenvalue weighted by molar-refractivity contribution is 0.0439. The second-order valence-corrected chi connectivity index (χ2v) is 5.04. The first-order valence-electron chi connectivity index (χ1n) is 7.04. The number of ketones is 1. The minimum atomic E-state index is 0.0573. The molecule has 104 valence electrons. The second kappa shape index (κ2) is 6.66. The number of hydrogen-bond acceptors (Lipinski definition) is 4. The van der Waals surface area contributed by atoms with E-state index in [2.05, 4.69) is 16.8 Å². The number of piperidine rings is 1. The SMILES string of the molecule is CCCOC1CCCN(c2ccc(C(C)=O)cn2)C1. The highest BCUT2D eigenvalue weighted by Crippen LogP contribution is 2.19. The minimum absolute atomic E-state index is 0.0573. The monoisotopic (exact) mass is 262 g/mol. The Morgan fingerprint density at radius 2 is 2.37 bits per heavy atom. The van der Waals surface area contributed by atoms with Crippen molar-refractivity contribution in [1.82, 2.24) is 4.98 Å². The van der Waals surface area contributed by atoms with Crippen LogP contribution >= 0.6 is 0 Å². The van der Waals surface area contributed by atoms with Crippen LogP contribution in [0.15, 0.2) is 18.3 Å². The molecule has 1 aromatic rings. The lowest BCUT2D eigenvalue weighted by Crippen LogP contribution is -2.40. The maximum atomic E-state index is 11.2. The predicted molar refractivity (Wildman–Crippen MR) is 75.7 cm³/mol. The smallest absolute Gasteiger partial charge is 0.161 e. The molecule has 0 N–H and O–H groups in total. The lowest BCUT2D eigenvalue weighted by atomic mass is 10.1. The molecule has 1 unspecified atom stereocenters. The summed E-state index contributed by atoms with van der Waals surface area (Å²) in [5.41, 5.74) is 0.666. The molecule has 0 bridgehead atoms. The van der Waals surface area contributed by atoms with Crippen LogP contribution in [-0.2, 0) is 4.74 Å². The highest BCUT2D eigenvalue weighted by molar-refractivity contribution is 5.93. The largest absolute Gasteiger partial charge is 0.376 e. The Morgan fingerprint density at radius 3 is 3.00 bits per heavy atom. The van der Waals surface area contributed by atoms with E-state index in [4.69, 9.17) is 4.74 Å². The van der Waals surface area contributed by atoms with Crippen LogP contribution in [0.4, 0.5) is 5.82 Å². The molecule has 0 aliphatic carbocycles. The van der Waals surface area contributed by atoms with E-state index in [0.29, 0.717) is 11.7 Å². The summed E-state index contributed by atoms with van der Waals surface area (Å²) in [5, 5.41) is 0. The Bertz CT molecular complexity index is 417. The number of anilines is 1. The summed E-state index contributed by atoms with van der Waals surface area (Å²) in [6.07, 6.45) is 5.28. The average molecular weight is 262 g/mol. The van der Waals surface area contributed by atoms with Gasteiger partial charge in [0, 0.05) is 31.5 Å². The average Bonchev–Trinajstić information content (AvgIpc) is 2.45.